The Bertz CT molecular complexity index is 699. The molecule has 3 nitrogen and oxygen atoms in total. The van der Waals surface area contributed by atoms with Gasteiger partial charge in [0.25, 0.3) is 0 Å². The van der Waals surface area contributed by atoms with Crippen molar-refractivity contribution in [3.8, 4) is 0 Å². The molecule has 2 rings (SSSR count). The van der Waals surface area contributed by atoms with Gasteiger partial charge in [-0.05, 0) is 36.3 Å². The number of carbonyl (C=O) groups excluding carboxylic acids is 1. The van der Waals surface area contributed by atoms with Gasteiger partial charge in [0.15, 0.2) is 0 Å². The van der Waals surface area contributed by atoms with Gasteiger partial charge in [-0.3, -0.25) is 0 Å². The molecule has 0 bridgehead atoms. The number of esters is 1. The second-order valence-corrected chi connectivity index (χ2v) is 6.86. The van der Waals surface area contributed by atoms with E-state index < -0.39 is 0 Å². The smallest absolute Gasteiger partial charge is 0.339 e. The van der Waals surface area contributed by atoms with E-state index in [0.717, 1.165) is 43.5 Å². The first kappa shape index (κ1) is 19.3. The first-order valence-electron chi connectivity index (χ1n) is 9.41. The number of rotatable bonds is 8. The van der Waals surface area contributed by atoms with Crippen LogP contribution in [-0.4, -0.2) is 17.6 Å². The Morgan fingerprint density at radius 3 is 2.36 bits per heavy atom. The number of hydrogen-bond donors (Lipinski definition) is 0. The summed E-state index contributed by atoms with van der Waals surface area (Å²) >= 11 is 0. The molecule has 136 valence electrons. The van der Waals surface area contributed by atoms with E-state index in [0.29, 0.717) is 0 Å². The van der Waals surface area contributed by atoms with Crippen LogP contribution in [0.3, 0.4) is 0 Å². The zero-order valence-corrected chi connectivity index (χ0v) is 16.3. The molecule has 1 heterocycles. The molecule has 3 heteroatoms. The van der Waals surface area contributed by atoms with Crippen LogP contribution in [0.4, 0.5) is 0 Å². The number of benzene rings is 1. The first-order chi connectivity index (χ1) is 12.0. The lowest BCUT2D eigenvalue weighted by Crippen LogP contribution is -2.12. The molecule has 0 radical (unpaired) electrons. The van der Waals surface area contributed by atoms with Gasteiger partial charge in [-0.25, -0.2) is 4.79 Å². The highest BCUT2D eigenvalue weighted by molar-refractivity contribution is 5.93. The molecule has 0 spiro atoms. The number of carbonyl (C=O) groups is 1. The summed E-state index contributed by atoms with van der Waals surface area (Å²) in [5.41, 5.74) is 5.64. The Kier molecular flexibility index (Phi) is 6.86. The predicted octanol–water partition coefficient (Wildman–Crippen LogP) is 5.35. The average Bonchev–Trinajstić information content (AvgIpc) is 2.93. The van der Waals surface area contributed by atoms with E-state index in [-0.39, 0.29) is 11.9 Å². The van der Waals surface area contributed by atoms with Gasteiger partial charge in [0.05, 0.1) is 12.7 Å². The van der Waals surface area contributed by atoms with Gasteiger partial charge >= 0.3 is 5.97 Å². The molecule has 2 aromatic rings. The molecule has 0 aliphatic heterocycles. The van der Waals surface area contributed by atoms with Gasteiger partial charge in [-0.15, -0.1) is 0 Å². The van der Waals surface area contributed by atoms with Gasteiger partial charge in [0.1, 0.15) is 0 Å². The largest absolute Gasteiger partial charge is 0.465 e. The third-order valence-corrected chi connectivity index (χ3v) is 4.76. The van der Waals surface area contributed by atoms with Gasteiger partial charge in [0, 0.05) is 17.9 Å². The fraction of sp³-hybridized carbons (Fsp3) is 0.500. The van der Waals surface area contributed by atoms with Crippen molar-refractivity contribution >= 4 is 5.97 Å². The molecule has 0 aliphatic carbocycles. The van der Waals surface area contributed by atoms with Crippen LogP contribution < -0.4 is 0 Å². The maximum atomic E-state index is 12.6. The van der Waals surface area contributed by atoms with Crippen LogP contribution in [0.5, 0.6) is 0 Å². The summed E-state index contributed by atoms with van der Waals surface area (Å²) in [6.07, 6.45) is 4.06. The van der Waals surface area contributed by atoms with E-state index >= 15 is 0 Å². The predicted molar refractivity (Wildman–Crippen MR) is 103 cm³/mol. The third kappa shape index (κ3) is 4.15. The normalized spacial score (nSPS) is 11.1. The minimum atomic E-state index is -0.198. The summed E-state index contributed by atoms with van der Waals surface area (Å²) < 4.78 is 7.52. The molecule has 0 saturated carbocycles. The SMILES string of the molecule is CCCCc1c(C(=O)OC)c(C(C)C)n(Cc2ccccc2)c1CC. The number of aromatic nitrogens is 1. The van der Waals surface area contributed by atoms with Gasteiger partial charge in [-0.1, -0.05) is 64.4 Å². The molecule has 1 aromatic carbocycles. The van der Waals surface area contributed by atoms with Crippen molar-refractivity contribution in [2.75, 3.05) is 7.11 Å². The Balaban J connectivity index is 2.66. The Hall–Kier alpha value is -2.03. The minimum absolute atomic E-state index is 0.198. The number of nitrogens with zero attached hydrogens (tertiary/aromatic N) is 1. The summed E-state index contributed by atoms with van der Waals surface area (Å²) in [6, 6.07) is 10.5. The quantitative estimate of drug-likeness (QED) is 0.606. The highest BCUT2D eigenvalue weighted by Crippen LogP contribution is 2.32. The summed E-state index contributed by atoms with van der Waals surface area (Å²) in [6.45, 7) is 9.48. The van der Waals surface area contributed by atoms with Crippen LogP contribution >= 0.6 is 0 Å². The fourth-order valence-electron chi connectivity index (χ4n) is 3.65. The standard InChI is InChI=1S/C22H31NO2/c1-6-8-14-18-19(7-2)23(15-17-12-10-9-11-13-17)21(16(3)4)20(18)22(24)25-5/h9-13,16H,6-8,14-15H2,1-5H3. The lowest BCUT2D eigenvalue weighted by atomic mass is 9.98. The summed E-state index contributed by atoms with van der Waals surface area (Å²) in [4.78, 5) is 12.6. The molecule has 0 saturated heterocycles. The molecule has 1 aromatic heterocycles. The van der Waals surface area contributed by atoms with Crippen LogP contribution in [0.1, 0.15) is 79.3 Å². The number of hydrogen-bond acceptors (Lipinski definition) is 2. The summed E-state index contributed by atoms with van der Waals surface area (Å²) in [7, 11) is 1.48. The monoisotopic (exact) mass is 341 g/mol. The van der Waals surface area contributed by atoms with Gasteiger partial charge < -0.3 is 9.30 Å². The average molecular weight is 341 g/mol. The molecule has 0 aliphatic rings. The molecular formula is C22H31NO2. The van der Waals surface area contributed by atoms with Crippen molar-refractivity contribution in [2.24, 2.45) is 0 Å². The third-order valence-electron chi connectivity index (χ3n) is 4.76. The summed E-state index contributed by atoms with van der Waals surface area (Å²) in [5.74, 6) is 0.0646. The van der Waals surface area contributed by atoms with Crippen LogP contribution in [0.25, 0.3) is 0 Å². The van der Waals surface area contributed by atoms with E-state index in [1.165, 1.54) is 23.9 Å². The van der Waals surface area contributed by atoms with Crippen molar-refractivity contribution in [2.45, 2.75) is 65.8 Å². The van der Waals surface area contributed by atoms with Gasteiger partial charge in [0.2, 0.25) is 0 Å². The molecule has 0 N–H and O–H groups in total. The maximum absolute atomic E-state index is 12.6. The highest BCUT2D eigenvalue weighted by Gasteiger charge is 2.28. The minimum Gasteiger partial charge on any atom is -0.465 e. The molecular weight excluding hydrogens is 310 g/mol. The van der Waals surface area contributed by atoms with E-state index in [2.05, 4.69) is 56.5 Å². The van der Waals surface area contributed by atoms with E-state index in [4.69, 9.17) is 4.74 Å². The molecule has 25 heavy (non-hydrogen) atoms. The molecule has 0 atom stereocenters. The summed E-state index contributed by atoms with van der Waals surface area (Å²) in [5, 5.41) is 0. The topological polar surface area (TPSA) is 31.2 Å². The van der Waals surface area contributed by atoms with Crippen LogP contribution in [0.2, 0.25) is 0 Å². The Morgan fingerprint density at radius 1 is 1.16 bits per heavy atom. The number of unbranched alkanes of at least 4 members (excludes halogenated alkanes) is 1. The van der Waals surface area contributed by atoms with Crippen LogP contribution in [0.15, 0.2) is 30.3 Å². The van der Waals surface area contributed by atoms with Crippen molar-refractivity contribution in [1.29, 1.82) is 0 Å². The van der Waals surface area contributed by atoms with Gasteiger partial charge in [-0.2, -0.15) is 0 Å². The van der Waals surface area contributed by atoms with E-state index in [9.17, 15) is 4.79 Å². The lowest BCUT2D eigenvalue weighted by Gasteiger charge is -2.16. The van der Waals surface area contributed by atoms with Crippen molar-refractivity contribution in [3.05, 3.63) is 58.4 Å². The van der Waals surface area contributed by atoms with E-state index in [1.54, 1.807) is 0 Å². The van der Waals surface area contributed by atoms with Crippen molar-refractivity contribution in [3.63, 3.8) is 0 Å². The second-order valence-electron chi connectivity index (χ2n) is 6.86. The fourth-order valence-corrected chi connectivity index (χ4v) is 3.65. The zero-order chi connectivity index (χ0) is 18.4. The molecule has 0 fully saturated rings. The number of methoxy groups -OCH3 is 1. The van der Waals surface area contributed by atoms with Crippen LogP contribution in [-0.2, 0) is 24.1 Å². The Labute approximate surface area is 152 Å². The van der Waals surface area contributed by atoms with Crippen molar-refractivity contribution in [1.82, 2.24) is 4.57 Å². The Morgan fingerprint density at radius 2 is 1.84 bits per heavy atom. The maximum Gasteiger partial charge on any atom is 0.339 e. The second kappa shape index (κ2) is 8.89. The first-order valence-corrected chi connectivity index (χ1v) is 9.41. The zero-order valence-electron chi connectivity index (χ0n) is 16.3. The highest BCUT2D eigenvalue weighted by atomic mass is 16.5. The molecule has 0 unspecified atom stereocenters. The van der Waals surface area contributed by atoms with Crippen molar-refractivity contribution < 1.29 is 9.53 Å². The lowest BCUT2D eigenvalue weighted by molar-refractivity contribution is 0.0597. The van der Waals surface area contributed by atoms with E-state index in [1.807, 2.05) is 6.07 Å². The number of ether oxygens (including phenoxy) is 1. The van der Waals surface area contributed by atoms with Crippen LogP contribution in [0, 0.1) is 0 Å². The molecule has 0 amide bonds.